The lowest BCUT2D eigenvalue weighted by molar-refractivity contribution is -0.139. The zero-order valence-electron chi connectivity index (χ0n) is 11.2. The molecule has 0 aromatic carbocycles. The second-order valence-electron chi connectivity index (χ2n) is 5.35. The molecular formula is C13H22N2O4. The molecule has 2 rings (SSSR count). The van der Waals surface area contributed by atoms with E-state index in [2.05, 4.69) is 0 Å². The van der Waals surface area contributed by atoms with E-state index in [0.717, 1.165) is 58.3 Å². The average Bonchev–Trinajstić information content (AvgIpc) is 2.41. The number of carboxylic acid groups (broad SMARTS) is 1. The number of likely N-dealkylation sites (tertiary alicyclic amines) is 2. The first-order valence-corrected chi connectivity index (χ1v) is 6.96. The van der Waals surface area contributed by atoms with Crippen molar-refractivity contribution < 1.29 is 19.4 Å². The van der Waals surface area contributed by atoms with Crippen molar-refractivity contribution >= 4 is 12.4 Å². The Bertz CT molecular complexity index is 308. The number of aliphatic carboxylic acids is 1. The number of carbonyl (C=O) groups excluding carboxylic acids is 1. The SMILES string of the molecule is O=CN1CCC(OC2CCN(CC(=O)O)CC2)CC1. The summed E-state index contributed by atoms with van der Waals surface area (Å²) in [6.07, 6.45) is 5.04. The summed E-state index contributed by atoms with van der Waals surface area (Å²) in [4.78, 5) is 25.0. The van der Waals surface area contributed by atoms with Crippen LogP contribution in [0.4, 0.5) is 0 Å². The molecule has 6 heteroatoms. The number of hydrogen-bond donors (Lipinski definition) is 1. The van der Waals surface area contributed by atoms with Gasteiger partial charge < -0.3 is 14.7 Å². The van der Waals surface area contributed by atoms with Crippen molar-refractivity contribution in [1.29, 1.82) is 0 Å². The number of carboxylic acids is 1. The molecule has 2 aliphatic rings. The van der Waals surface area contributed by atoms with Crippen molar-refractivity contribution in [2.45, 2.75) is 37.9 Å². The molecular weight excluding hydrogens is 248 g/mol. The van der Waals surface area contributed by atoms with Gasteiger partial charge in [-0.1, -0.05) is 0 Å². The van der Waals surface area contributed by atoms with Gasteiger partial charge in [0.2, 0.25) is 6.41 Å². The fraction of sp³-hybridized carbons (Fsp3) is 0.846. The van der Waals surface area contributed by atoms with E-state index < -0.39 is 5.97 Å². The number of nitrogens with zero attached hydrogens (tertiary/aromatic N) is 2. The predicted molar refractivity (Wildman–Crippen MR) is 68.8 cm³/mol. The Hall–Kier alpha value is -1.14. The lowest BCUT2D eigenvalue weighted by Gasteiger charge is -2.35. The molecule has 0 atom stereocenters. The van der Waals surface area contributed by atoms with Gasteiger partial charge >= 0.3 is 5.97 Å². The highest BCUT2D eigenvalue weighted by molar-refractivity contribution is 5.69. The third-order valence-corrected chi connectivity index (χ3v) is 3.90. The van der Waals surface area contributed by atoms with Crippen LogP contribution in [0.2, 0.25) is 0 Å². The number of piperidine rings is 2. The van der Waals surface area contributed by atoms with Gasteiger partial charge in [-0.25, -0.2) is 0 Å². The molecule has 0 aromatic rings. The average molecular weight is 270 g/mol. The third-order valence-electron chi connectivity index (χ3n) is 3.90. The molecule has 19 heavy (non-hydrogen) atoms. The minimum atomic E-state index is -0.763. The highest BCUT2D eigenvalue weighted by Gasteiger charge is 2.25. The second-order valence-corrected chi connectivity index (χ2v) is 5.35. The summed E-state index contributed by atoms with van der Waals surface area (Å²) < 4.78 is 6.06. The first kappa shape index (κ1) is 14.3. The molecule has 1 N–H and O–H groups in total. The monoisotopic (exact) mass is 270 g/mol. The molecule has 2 aliphatic heterocycles. The van der Waals surface area contributed by atoms with Crippen molar-refractivity contribution in [3.63, 3.8) is 0 Å². The summed E-state index contributed by atoms with van der Waals surface area (Å²) in [5.74, 6) is -0.763. The summed E-state index contributed by atoms with van der Waals surface area (Å²) in [7, 11) is 0. The van der Waals surface area contributed by atoms with Gasteiger partial charge in [-0.2, -0.15) is 0 Å². The second kappa shape index (κ2) is 6.86. The van der Waals surface area contributed by atoms with Crippen molar-refractivity contribution in [1.82, 2.24) is 9.80 Å². The van der Waals surface area contributed by atoms with Crippen LogP contribution in [-0.2, 0) is 14.3 Å². The maximum atomic E-state index is 10.6. The summed E-state index contributed by atoms with van der Waals surface area (Å²) in [6, 6.07) is 0. The van der Waals surface area contributed by atoms with Crippen LogP contribution in [0.25, 0.3) is 0 Å². The van der Waals surface area contributed by atoms with Crippen LogP contribution >= 0.6 is 0 Å². The van der Waals surface area contributed by atoms with Crippen LogP contribution in [0.3, 0.4) is 0 Å². The van der Waals surface area contributed by atoms with Crippen LogP contribution in [0.5, 0.6) is 0 Å². The molecule has 0 aliphatic carbocycles. The quantitative estimate of drug-likeness (QED) is 0.721. The van der Waals surface area contributed by atoms with Gasteiger partial charge in [0.1, 0.15) is 0 Å². The van der Waals surface area contributed by atoms with Crippen LogP contribution in [0.1, 0.15) is 25.7 Å². The van der Waals surface area contributed by atoms with Crippen LogP contribution < -0.4 is 0 Å². The topological polar surface area (TPSA) is 70.1 Å². The van der Waals surface area contributed by atoms with Gasteiger partial charge in [-0.05, 0) is 25.7 Å². The maximum Gasteiger partial charge on any atom is 0.317 e. The number of carbonyl (C=O) groups is 2. The van der Waals surface area contributed by atoms with E-state index in [1.54, 1.807) is 4.90 Å². The summed E-state index contributed by atoms with van der Waals surface area (Å²) in [6.45, 7) is 3.29. The van der Waals surface area contributed by atoms with E-state index >= 15 is 0 Å². The Morgan fingerprint density at radius 2 is 1.63 bits per heavy atom. The fourth-order valence-corrected chi connectivity index (χ4v) is 2.78. The summed E-state index contributed by atoms with van der Waals surface area (Å²) >= 11 is 0. The Labute approximate surface area is 113 Å². The van der Waals surface area contributed by atoms with Crippen LogP contribution in [-0.4, -0.2) is 72.2 Å². The van der Waals surface area contributed by atoms with Crippen molar-refractivity contribution in [2.75, 3.05) is 32.7 Å². The molecule has 0 radical (unpaired) electrons. The molecule has 6 nitrogen and oxygen atoms in total. The molecule has 0 saturated carbocycles. The molecule has 0 unspecified atom stereocenters. The van der Waals surface area contributed by atoms with Gasteiger partial charge in [-0.15, -0.1) is 0 Å². The Balaban J connectivity index is 1.65. The van der Waals surface area contributed by atoms with Gasteiger partial charge in [0, 0.05) is 26.2 Å². The number of rotatable bonds is 5. The Morgan fingerprint density at radius 1 is 1.11 bits per heavy atom. The minimum Gasteiger partial charge on any atom is -0.480 e. The lowest BCUT2D eigenvalue weighted by Crippen LogP contribution is -2.43. The fourth-order valence-electron chi connectivity index (χ4n) is 2.78. The molecule has 2 saturated heterocycles. The molecule has 0 bridgehead atoms. The summed E-state index contributed by atoms with van der Waals surface area (Å²) in [5, 5.41) is 8.73. The normalized spacial score (nSPS) is 23.5. The van der Waals surface area contributed by atoms with E-state index in [1.807, 2.05) is 4.90 Å². The Morgan fingerprint density at radius 3 is 2.11 bits per heavy atom. The molecule has 0 aromatic heterocycles. The Kier molecular flexibility index (Phi) is 5.15. The number of amides is 1. The third kappa shape index (κ3) is 4.47. The van der Waals surface area contributed by atoms with E-state index in [9.17, 15) is 9.59 Å². The predicted octanol–water partition coefficient (Wildman–Crippen LogP) is 0.173. The standard InChI is InChI=1S/C13H22N2O4/c16-10-15-7-3-12(4-8-15)19-11-1-5-14(6-2-11)9-13(17)18/h10-12H,1-9H2,(H,17,18). The van der Waals surface area contributed by atoms with Crippen LogP contribution in [0.15, 0.2) is 0 Å². The van der Waals surface area contributed by atoms with E-state index in [1.165, 1.54) is 0 Å². The molecule has 2 heterocycles. The first-order valence-electron chi connectivity index (χ1n) is 6.96. The minimum absolute atomic E-state index is 0.129. The number of hydrogen-bond acceptors (Lipinski definition) is 4. The van der Waals surface area contributed by atoms with Gasteiger partial charge in [0.25, 0.3) is 0 Å². The van der Waals surface area contributed by atoms with E-state index in [0.29, 0.717) is 0 Å². The van der Waals surface area contributed by atoms with Gasteiger partial charge in [0.05, 0.1) is 18.8 Å². The van der Waals surface area contributed by atoms with Crippen molar-refractivity contribution in [3.8, 4) is 0 Å². The highest BCUT2D eigenvalue weighted by atomic mass is 16.5. The molecule has 2 fully saturated rings. The maximum absolute atomic E-state index is 10.6. The molecule has 1 amide bonds. The molecule has 0 spiro atoms. The zero-order chi connectivity index (χ0) is 13.7. The largest absolute Gasteiger partial charge is 0.480 e. The lowest BCUT2D eigenvalue weighted by atomic mass is 10.0. The van der Waals surface area contributed by atoms with E-state index in [4.69, 9.17) is 9.84 Å². The zero-order valence-corrected chi connectivity index (χ0v) is 11.2. The van der Waals surface area contributed by atoms with Crippen molar-refractivity contribution in [2.24, 2.45) is 0 Å². The highest BCUT2D eigenvalue weighted by Crippen LogP contribution is 2.20. The van der Waals surface area contributed by atoms with E-state index in [-0.39, 0.29) is 18.8 Å². The van der Waals surface area contributed by atoms with Gasteiger partial charge in [-0.3, -0.25) is 14.5 Å². The smallest absolute Gasteiger partial charge is 0.317 e. The van der Waals surface area contributed by atoms with Gasteiger partial charge in [0.15, 0.2) is 0 Å². The summed E-state index contributed by atoms with van der Waals surface area (Å²) in [5.41, 5.74) is 0. The van der Waals surface area contributed by atoms with Crippen LogP contribution in [0, 0.1) is 0 Å². The number of ether oxygens (including phenoxy) is 1. The molecule has 108 valence electrons. The van der Waals surface area contributed by atoms with Crippen molar-refractivity contribution in [3.05, 3.63) is 0 Å². The first-order chi connectivity index (χ1) is 9.17.